The molecule has 1 saturated heterocycles. The van der Waals surface area contributed by atoms with E-state index in [-0.39, 0.29) is 0 Å². The number of benzene rings is 1. The SMILES string of the molecule is C=CC(=C)CC/C=C(C)\C(=C/N=C)N(N)/N=C\C(=C)C(=C)/C(C)=C/c1cc(C)c(NSN2CCCCC2)cc1C. The monoisotopic (exact) mass is 558 g/mol. The standard InChI is InChI=1S/C33H46N6S/c1-10-24(2)15-14-16-25(3)33(23-35-9)39(34)36-22-29(7)30(8)26(4)19-31-20-28(6)32(21-27(31)5)37-40-38-17-12-11-13-18-38/h10,16,19-23,37H,1-2,7-9,11-15,17-18,34H2,3-6H3/b25-16-,26-19+,33-23+,36-22-. The Morgan fingerprint density at radius 3 is 2.45 bits per heavy atom. The third-order valence-electron chi connectivity index (χ3n) is 6.86. The molecule has 0 radical (unpaired) electrons. The summed E-state index contributed by atoms with van der Waals surface area (Å²) in [4.78, 5) is 3.89. The highest BCUT2D eigenvalue weighted by atomic mass is 32.2. The topological polar surface area (TPSA) is 69.2 Å². The molecule has 1 aliphatic rings. The first-order chi connectivity index (χ1) is 19.1. The number of hydrazine groups is 1. The minimum Gasteiger partial charge on any atom is -0.316 e. The van der Waals surface area contributed by atoms with Crippen molar-refractivity contribution in [3.8, 4) is 0 Å². The fourth-order valence-corrected chi connectivity index (χ4v) is 5.02. The van der Waals surface area contributed by atoms with Gasteiger partial charge < -0.3 is 4.72 Å². The summed E-state index contributed by atoms with van der Waals surface area (Å²) in [6, 6.07) is 4.42. The lowest BCUT2D eigenvalue weighted by Gasteiger charge is -2.25. The summed E-state index contributed by atoms with van der Waals surface area (Å²) in [6.45, 7) is 30.2. The van der Waals surface area contributed by atoms with Crippen LogP contribution in [-0.2, 0) is 0 Å². The van der Waals surface area contributed by atoms with Crippen molar-refractivity contribution in [2.75, 3.05) is 17.8 Å². The molecule has 40 heavy (non-hydrogen) atoms. The second-order valence-electron chi connectivity index (χ2n) is 10.1. The molecule has 2 rings (SSSR count). The van der Waals surface area contributed by atoms with Crippen molar-refractivity contribution in [3.05, 3.63) is 107 Å². The fraction of sp³-hybridized carbons (Fsp3) is 0.333. The normalized spacial score (nSPS) is 15.2. The van der Waals surface area contributed by atoms with E-state index in [2.05, 4.69) is 90.3 Å². The molecule has 6 nitrogen and oxygen atoms in total. The Balaban J connectivity index is 2.07. The summed E-state index contributed by atoms with van der Waals surface area (Å²) in [5.41, 5.74) is 9.72. The number of allylic oxidation sites excluding steroid dienone is 7. The Morgan fingerprint density at radius 2 is 1.80 bits per heavy atom. The molecule has 1 aromatic rings. The first kappa shape index (κ1) is 32.8. The van der Waals surface area contributed by atoms with Gasteiger partial charge in [0.1, 0.15) is 0 Å². The van der Waals surface area contributed by atoms with Crippen molar-refractivity contribution in [2.24, 2.45) is 15.9 Å². The highest BCUT2D eigenvalue weighted by Crippen LogP contribution is 2.28. The van der Waals surface area contributed by atoms with Crippen LogP contribution in [0.3, 0.4) is 0 Å². The van der Waals surface area contributed by atoms with Crippen LogP contribution in [0.4, 0.5) is 5.69 Å². The van der Waals surface area contributed by atoms with Gasteiger partial charge in [-0.1, -0.05) is 56.5 Å². The number of hydrogen-bond acceptors (Lipinski definition) is 7. The van der Waals surface area contributed by atoms with Crippen LogP contribution in [0.5, 0.6) is 0 Å². The van der Waals surface area contributed by atoms with Crippen LogP contribution < -0.4 is 10.6 Å². The van der Waals surface area contributed by atoms with Crippen LogP contribution in [0, 0.1) is 13.8 Å². The lowest BCUT2D eigenvalue weighted by atomic mass is 9.97. The average Bonchev–Trinajstić information content (AvgIpc) is 2.95. The van der Waals surface area contributed by atoms with Gasteiger partial charge in [0.15, 0.2) is 0 Å². The Bertz CT molecular complexity index is 1230. The maximum absolute atomic E-state index is 6.24. The summed E-state index contributed by atoms with van der Waals surface area (Å²) >= 11 is 1.71. The van der Waals surface area contributed by atoms with Gasteiger partial charge in [-0.05, 0) is 111 Å². The summed E-state index contributed by atoms with van der Waals surface area (Å²) in [5, 5.41) is 5.67. The van der Waals surface area contributed by atoms with E-state index in [0.29, 0.717) is 11.3 Å². The lowest BCUT2D eigenvalue weighted by Crippen LogP contribution is -2.25. The van der Waals surface area contributed by atoms with Crippen LogP contribution in [0.25, 0.3) is 6.08 Å². The van der Waals surface area contributed by atoms with Crippen molar-refractivity contribution in [1.82, 2.24) is 9.42 Å². The van der Waals surface area contributed by atoms with E-state index in [9.17, 15) is 0 Å². The molecule has 0 aliphatic carbocycles. The molecule has 0 saturated carbocycles. The molecule has 0 bridgehead atoms. The molecule has 7 heteroatoms. The third kappa shape index (κ3) is 10.3. The maximum atomic E-state index is 6.24. The second-order valence-corrected chi connectivity index (χ2v) is 11.0. The Hall–Kier alpha value is -3.39. The van der Waals surface area contributed by atoms with Gasteiger partial charge >= 0.3 is 0 Å². The molecular formula is C33H46N6S. The van der Waals surface area contributed by atoms with Gasteiger partial charge in [0.25, 0.3) is 0 Å². The number of aryl methyl sites for hydroxylation is 2. The Morgan fingerprint density at radius 1 is 1.10 bits per heavy atom. The molecule has 214 valence electrons. The number of nitrogens with two attached hydrogens (primary N) is 1. The lowest BCUT2D eigenvalue weighted by molar-refractivity contribution is 0.381. The number of nitrogens with one attached hydrogen (secondary N) is 1. The zero-order valence-electron chi connectivity index (χ0n) is 24.8. The molecule has 3 N–H and O–H groups in total. The predicted molar refractivity (Wildman–Crippen MR) is 179 cm³/mol. The van der Waals surface area contributed by atoms with Crippen molar-refractivity contribution in [3.63, 3.8) is 0 Å². The van der Waals surface area contributed by atoms with Gasteiger partial charge in [-0.25, -0.2) is 10.1 Å². The second kappa shape index (κ2) is 16.7. The average molecular weight is 559 g/mol. The van der Waals surface area contributed by atoms with Crippen molar-refractivity contribution in [2.45, 2.75) is 59.8 Å². The molecule has 0 atom stereocenters. The number of hydrogen-bond donors (Lipinski definition) is 2. The van der Waals surface area contributed by atoms with Gasteiger partial charge in [-0.15, -0.1) is 0 Å². The number of piperidine rings is 1. The largest absolute Gasteiger partial charge is 0.316 e. The number of aliphatic imine (C=N–C) groups is 1. The van der Waals surface area contributed by atoms with Crippen LogP contribution in [0.15, 0.2) is 100 Å². The summed E-state index contributed by atoms with van der Waals surface area (Å²) < 4.78 is 5.95. The zero-order chi connectivity index (χ0) is 29.7. The molecule has 0 amide bonds. The molecule has 0 spiro atoms. The van der Waals surface area contributed by atoms with E-state index >= 15 is 0 Å². The Kier molecular flexibility index (Phi) is 13.7. The summed E-state index contributed by atoms with van der Waals surface area (Å²) in [5.74, 6) is 6.24. The minimum atomic E-state index is 0.638. The molecule has 1 fully saturated rings. The van der Waals surface area contributed by atoms with Gasteiger partial charge in [0.2, 0.25) is 0 Å². The van der Waals surface area contributed by atoms with Gasteiger partial charge in [-0.3, -0.25) is 4.99 Å². The van der Waals surface area contributed by atoms with Crippen molar-refractivity contribution in [1.29, 1.82) is 0 Å². The fourth-order valence-electron chi connectivity index (χ4n) is 4.13. The zero-order valence-corrected chi connectivity index (χ0v) is 25.6. The number of hydrazone groups is 1. The molecule has 0 aromatic heterocycles. The summed E-state index contributed by atoms with van der Waals surface area (Å²) in [6.07, 6.45) is 14.7. The third-order valence-corrected chi connectivity index (χ3v) is 7.79. The van der Waals surface area contributed by atoms with Gasteiger partial charge in [-0.2, -0.15) is 10.2 Å². The molecular weight excluding hydrogens is 512 g/mol. The number of nitrogens with zero attached hydrogens (tertiary/aromatic N) is 4. The van der Waals surface area contributed by atoms with Crippen LogP contribution in [0.1, 0.15) is 62.6 Å². The van der Waals surface area contributed by atoms with Gasteiger partial charge in [0.05, 0.1) is 18.1 Å². The first-order valence-electron chi connectivity index (χ1n) is 13.7. The Labute approximate surface area is 246 Å². The number of anilines is 1. The van der Waals surface area contributed by atoms with E-state index in [4.69, 9.17) is 5.84 Å². The van der Waals surface area contributed by atoms with Gasteiger partial charge in [0, 0.05) is 30.9 Å². The predicted octanol–water partition coefficient (Wildman–Crippen LogP) is 8.45. The van der Waals surface area contributed by atoms with Crippen LogP contribution in [0.2, 0.25) is 0 Å². The van der Waals surface area contributed by atoms with Crippen LogP contribution >= 0.6 is 12.1 Å². The highest BCUT2D eigenvalue weighted by Gasteiger charge is 2.12. The van der Waals surface area contributed by atoms with Crippen LogP contribution in [-0.4, -0.2) is 35.4 Å². The van der Waals surface area contributed by atoms with E-state index < -0.39 is 0 Å². The quantitative estimate of drug-likeness (QED) is 0.0743. The minimum absolute atomic E-state index is 0.638. The van der Waals surface area contributed by atoms with E-state index in [0.717, 1.165) is 59.5 Å². The highest BCUT2D eigenvalue weighted by molar-refractivity contribution is 7.98. The van der Waals surface area contributed by atoms with E-state index in [1.807, 2.05) is 13.8 Å². The van der Waals surface area contributed by atoms with Crippen molar-refractivity contribution >= 4 is 36.8 Å². The van der Waals surface area contributed by atoms with E-state index in [1.54, 1.807) is 30.6 Å². The number of rotatable bonds is 15. The first-order valence-corrected chi connectivity index (χ1v) is 14.4. The maximum Gasteiger partial charge on any atom is 0.0984 e. The molecule has 0 unspecified atom stereocenters. The smallest absolute Gasteiger partial charge is 0.0984 e. The molecule has 1 aromatic carbocycles. The van der Waals surface area contributed by atoms with E-state index in [1.165, 1.54) is 35.5 Å². The summed E-state index contributed by atoms with van der Waals surface area (Å²) in [7, 11) is 0. The molecule has 1 aliphatic heterocycles. The molecule has 1 heterocycles. The van der Waals surface area contributed by atoms with Crippen molar-refractivity contribution < 1.29 is 0 Å².